The molecule has 9 heteroatoms. The first-order valence-electron chi connectivity index (χ1n) is 11.0. The maximum atomic E-state index is 5.85. The van der Waals surface area contributed by atoms with Crippen molar-refractivity contribution in [2.75, 3.05) is 79.3 Å². The molecule has 33 heavy (non-hydrogen) atoms. The summed E-state index contributed by atoms with van der Waals surface area (Å²) in [5, 5.41) is 0. The molecule has 0 saturated carbocycles. The fraction of sp³-hybridized carbons (Fsp3) is 0.500. The summed E-state index contributed by atoms with van der Waals surface area (Å²) in [6, 6.07) is 13.4. The lowest BCUT2D eigenvalue weighted by Crippen LogP contribution is -2.15. The van der Waals surface area contributed by atoms with Crippen molar-refractivity contribution in [1.29, 1.82) is 0 Å². The van der Waals surface area contributed by atoms with Gasteiger partial charge in [0.15, 0.2) is 23.0 Å². The number of fused-ring (bicyclic) bond motifs is 2. The molecule has 1 aliphatic heterocycles. The molecule has 0 unspecified atom stereocenters. The SMILES string of the molecule is Ic1ccc2c(c1)OCCOCCOCCOc1ccccc1OCCOCCOCCO2. The Morgan fingerprint density at radius 3 is 1.24 bits per heavy atom. The molecule has 1 aliphatic rings. The highest BCUT2D eigenvalue weighted by Gasteiger charge is 2.07. The monoisotopic (exact) mass is 574 g/mol. The Balaban J connectivity index is 1.46. The van der Waals surface area contributed by atoms with E-state index in [9.17, 15) is 0 Å². The molecule has 0 saturated heterocycles. The van der Waals surface area contributed by atoms with Crippen LogP contribution in [0, 0.1) is 3.57 Å². The number of hydrogen-bond acceptors (Lipinski definition) is 8. The van der Waals surface area contributed by atoms with Crippen LogP contribution in [0.2, 0.25) is 0 Å². The van der Waals surface area contributed by atoms with Gasteiger partial charge in [-0.05, 0) is 52.9 Å². The van der Waals surface area contributed by atoms with Gasteiger partial charge in [0, 0.05) is 3.57 Å². The van der Waals surface area contributed by atoms with Gasteiger partial charge >= 0.3 is 0 Å². The van der Waals surface area contributed by atoms with E-state index in [-0.39, 0.29) is 0 Å². The Morgan fingerprint density at radius 1 is 0.424 bits per heavy atom. The van der Waals surface area contributed by atoms with Crippen LogP contribution >= 0.6 is 22.6 Å². The first-order valence-corrected chi connectivity index (χ1v) is 12.1. The summed E-state index contributed by atoms with van der Waals surface area (Å²) in [5.74, 6) is 2.74. The smallest absolute Gasteiger partial charge is 0.162 e. The first-order chi connectivity index (χ1) is 16.3. The average molecular weight is 574 g/mol. The fourth-order valence-electron chi connectivity index (χ4n) is 2.89. The Kier molecular flexibility index (Phi) is 12.5. The molecule has 0 bridgehead atoms. The van der Waals surface area contributed by atoms with Crippen LogP contribution in [-0.2, 0) is 18.9 Å². The summed E-state index contributed by atoms with van der Waals surface area (Å²) < 4.78 is 46.6. The van der Waals surface area contributed by atoms with E-state index in [0.29, 0.717) is 102 Å². The molecular formula is C24H31IO8. The quantitative estimate of drug-likeness (QED) is 0.443. The topological polar surface area (TPSA) is 73.8 Å². The zero-order valence-electron chi connectivity index (χ0n) is 18.7. The van der Waals surface area contributed by atoms with Gasteiger partial charge in [0.05, 0.1) is 52.9 Å². The molecule has 3 rings (SSSR count). The van der Waals surface area contributed by atoms with E-state index in [1.165, 1.54) is 0 Å². The molecule has 0 spiro atoms. The molecule has 2 aromatic rings. The maximum Gasteiger partial charge on any atom is 0.162 e. The summed E-state index contributed by atoms with van der Waals surface area (Å²) in [6.07, 6.45) is 0. The molecule has 1 heterocycles. The number of halogens is 1. The molecule has 0 radical (unpaired) electrons. The lowest BCUT2D eigenvalue weighted by atomic mass is 10.3. The number of hydrogen-bond donors (Lipinski definition) is 0. The van der Waals surface area contributed by atoms with Crippen molar-refractivity contribution >= 4 is 22.6 Å². The molecule has 182 valence electrons. The molecule has 0 atom stereocenters. The summed E-state index contributed by atoms with van der Waals surface area (Å²) in [5.41, 5.74) is 0. The molecule has 0 fully saturated rings. The van der Waals surface area contributed by atoms with Crippen LogP contribution in [0.15, 0.2) is 42.5 Å². The van der Waals surface area contributed by atoms with E-state index in [1.54, 1.807) is 0 Å². The van der Waals surface area contributed by atoms with E-state index < -0.39 is 0 Å². The van der Waals surface area contributed by atoms with E-state index in [0.717, 1.165) is 3.57 Å². The van der Waals surface area contributed by atoms with Gasteiger partial charge in [-0.2, -0.15) is 0 Å². The Morgan fingerprint density at radius 2 is 0.788 bits per heavy atom. The van der Waals surface area contributed by atoms with Crippen LogP contribution in [0.1, 0.15) is 0 Å². The predicted octanol–water partition coefficient (Wildman–Crippen LogP) is 3.59. The second-order valence-corrected chi connectivity index (χ2v) is 8.13. The van der Waals surface area contributed by atoms with Gasteiger partial charge < -0.3 is 37.9 Å². The van der Waals surface area contributed by atoms with Crippen LogP contribution in [0.5, 0.6) is 23.0 Å². The molecule has 0 aliphatic carbocycles. The summed E-state index contributed by atoms with van der Waals surface area (Å²) in [4.78, 5) is 0. The van der Waals surface area contributed by atoms with Crippen LogP contribution in [0.25, 0.3) is 0 Å². The second kappa shape index (κ2) is 15.9. The van der Waals surface area contributed by atoms with Crippen LogP contribution in [0.4, 0.5) is 0 Å². The van der Waals surface area contributed by atoms with Crippen molar-refractivity contribution in [3.8, 4) is 23.0 Å². The first kappa shape index (κ1) is 25.8. The molecule has 0 amide bonds. The highest BCUT2D eigenvalue weighted by atomic mass is 127. The predicted molar refractivity (Wildman–Crippen MR) is 131 cm³/mol. The lowest BCUT2D eigenvalue weighted by molar-refractivity contribution is 0.0223. The third kappa shape index (κ3) is 10.3. The van der Waals surface area contributed by atoms with Crippen molar-refractivity contribution in [2.24, 2.45) is 0 Å². The van der Waals surface area contributed by atoms with Crippen LogP contribution in [-0.4, -0.2) is 79.3 Å². The lowest BCUT2D eigenvalue weighted by Gasteiger charge is -2.14. The van der Waals surface area contributed by atoms with Gasteiger partial charge in [-0.1, -0.05) is 12.1 Å². The van der Waals surface area contributed by atoms with Crippen molar-refractivity contribution < 1.29 is 37.9 Å². The Hall–Kier alpha value is -1.79. The number of rotatable bonds is 0. The number of ether oxygens (including phenoxy) is 8. The van der Waals surface area contributed by atoms with Crippen molar-refractivity contribution in [1.82, 2.24) is 0 Å². The third-order valence-electron chi connectivity index (χ3n) is 4.44. The van der Waals surface area contributed by atoms with E-state index in [4.69, 9.17) is 37.9 Å². The van der Waals surface area contributed by atoms with E-state index >= 15 is 0 Å². The highest BCUT2D eigenvalue weighted by molar-refractivity contribution is 14.1. The number of para-hydroxylation sites is 2. The molecule has 2 aromatic carbocycles. The minimum atomic E-state index is 0.421. The largest absolute Gasteiger partial charge is 0.487 e. The third-order valence-corrected chi connectivity index (χ3v) is 5.11. The fourth-order valence-corrected chi connectivity index (χ4v) is 3.35. The van der Waals surface area contributed by atoms with Gasteiger partial charge in [0.1, 0.15) is 26.4 Å². The van der Waals surface area contributed by atoms with Gasteiger partial charge in [0.2, 0.25) is 0 Å². The van der Waals surface area contributed by atoms with Crippen LogP contribution in [0.3, 0.4) is 0 Å². The normalized spacial score (nSPS) is 18.1. The minimum Gasteiger partial charge on any atom is -0.487 e. The Labute approximate surface area is 208 Å². The molecule has 0 aromatic heterocycles. The average Bonchev–Trinajstić information content (AvgIpc) is 2.82. The molecular weight excluding hydrogens is 543 g/mol. The summed E-state index contributed by atoms with van der Waals surface area (Å²) in [7, 11) is 0. The van der Waals surface area contributed by atoms with E-state index in [1.807, 2.05) is 42.5 Å². The van der Waals surface area contributed by atoms with Crippen molar-refractivity contribution in [3.05, 3.63) is 46.0 Å². The van der Waals surface area contributed by atoms with Gasteiger partial charge in [-0.15, -0.1) is 0 Å². The summed E-state index contributed by atoms with van der Waals surface area (Å²) in [6.45, 7) is 5.45. The molecule has 8 nitrogen and oxygen atoms in total. The zero-order chi connectivity index (χ0) is 23.0. The van der Waals surface area contributed by atoms with E-state index in [2.05, 4.69) is 22.6 Å². The maximum absolute atomic E-state index is 5.85. The van der Waals surface area contributed by atoms with Gasteiger partial charge in [-0.3, -0.25) is 0 Å². The zero-order valence-corrected chi connectivity index (χ0v) is 20.8. The van der Waals surface area contributed by atoms with Crippen molar-refractivity contribution in [2.45, 2.75) is 0 Å². The highest BCUT2D eigenvalue weighted by Crippen LogP contribution is 2.29. The van der Waals surface area contributed by atoms with Gasteiger partial charge in [-0.25, -0.2) is 0 Å². The van der Waals surface area contributed by atoms with Gasteiger partial charge in [0.25, 0.3) is 0 Å². The molecule has 0 N–H and O–H groups in total. The Bertz CT molecular complexity index is 804. The minimum absolute atomic E-state index is 0.421. The second-order valence-electron chi connectivity index (χ2n) is 6.88. The summed E-state index contributed by atoms with van der Waals surface area (Å²) >= 11 is 2.25. The standard InChI is InChI=1S/C24H31IO8/c25-20-5-6-23-24(19-20)33-18-14-29-10-9-27-12-16-31-22-4-2-1-3-21(22)30-15-11-26-7-8-28-13-17-32-23/h1-6,19H,7-18H2. The number of benzene rings is 2. The van der Waals surface area contributed by atoms with Crippen molar-refractivity contribution in [3.63, 3.8) is 0 Å². The van der Waals surface area contributed by atoms with Crippen LogP contribution < -0.4 is 18.9 Å².